The van der Waals surface area contributed by atoms with Crippen molar-refractivity contribution in [1.29, 1.82) is 0 Å². The van der Waals surface area contributed by atoms with Gasteiger partial charge in [-0.1, -0.05) is 11.6 Å². The van der Waals surface area contributed by atoms with E-state index in [1.165, 1.54) is 7.11 Å². The largest absolute Gasteiger partial charge is 0.507 e. The van der Waals surface area contributed by atoms with Gasteiger partial charge in [0, 0.05) is 24.8 Å². The van der Waals surface area contributed by atoms with Gasteiger partial charge in [0.15, 0.2) is 11.5 Å². The van der Waals surface area contributed by atoms with Gasteiger partial charge in [-0.25, -0.2) is 0 Å². The van der Waals surface area contributed by atoms with Gasteiger partial charge in [0.25, 0.3) is 5.91 Å². The van der Waals surface area contributed by atoms with Gasteiger partial charge in [0.2, 0.25) is 5.75 Å². The lowest BCUT2D eigenvalue weighted by Crippen LogP contribution is -2.32. The average molecular weight is 453 g/mol. The summed E-state index contributed by atoms with van der Waals surface area (Å²) < 4.78 is 21.8. The van der Waals surface area contributed by atoms with Crippen molar-refractivity contribution in [3.05, 3.63) is 52.7 Å². The third-order valence-electron chi connectivity index (χ3n) is 5.81. The van der Waals surface area contributed by atoms with Gasteiger partial charge >= 0.3 is 0 Å². The first-order valence-electron chi connectivity index (χ1n) is 10.4. The molecule has 1 atom stereocenters. The Labute approximate surface area is 191 Å². The Morgan fingerprint density at radius 2 is 1.76 bits per heavy atom. The number of carbonyl (C=O) groups is 1. The second kappa shape index (κ2) is 9.03. The summed E-state index contributed by atoms with van der Waals surface area (Å²) >= 11 is 0. The van der Waals surface area contributed by atoms with Crippen LogP contribution >= 0.6 is 0 Å². The molecular formula is C24H27N3O6. The number of fused-ring (bicyclic) bond motifs is 1. The number of aromatic nitrogens is 2. The van der Waals surface area contributed by atoms with E-state index < -0.39 is 6.04 Å². The van der Waals surface area contributed by atoms with E-state index >= 15 is 0 Å². The number of aromatic amines is 1. The number of nitrogens with one attached hydrogen (secondary N) is 1. The minimum absolute atomic E-state index is 0.0846. The van der Waals surface area contributed by atoms with Crippen molar-refractivity contribution < 1.29 is 28.8 Å². The fourth-order valence-corrected chi connectivity index (χ4v) is 4.27. The highest BCUT2D eigenvalue weighted by atomic mass is 16.5. The molecule has 9 nitrogen and oxygen atoms in total. The van der Waals surface area contributed by atoms with E-state index in [9.17, 15) is 9.90 Å². The topological polar surface area (TPSA) is 106 Å². The zero-order valence-electron chi connectivity index (χ0n) is 19.3. The second-order valence-corrected chi connectivity index (χ2v) is 7.73. The van der Waals surface area contributed by atoms with Crippen LogP contribution < -0.4 is 14.2 Å². The first-order valence-corrected chi connectivity index (χ1v) is 10.4. The number of aromatic hydroxyl groups is 1. The molecule has 1 aromatic heterocycles. The fourth-order valence-electron chi connectivity index (χ4n) is 4.27. The lowest BCUT2D eigenvalue weighted by atomic mass is 9.94. The first kappa shape index (κ1) is 22.5. The summed E-state index contributed by atoms with van der Waals surface area (Å²) in [4.78, 5) is 15.1. The molecule has 1 unspecified atom stereocenters. The standard InChI is InChI=1S/C24H27N3O6/c1-13-6-7-16(28)15(10-13)20-19-21(26-25-20)24(29)27(8-9-30-2)22(19)14-11-17(31-3)23(33-5)18(12-14)32-4/h6-7,10-12,22,28H,8-9H2,1-5H3,(H,25,26). The molecule has 9 heteroatoms. The second-order valence-electron chi connectivity index (χ2n) is 7.73. The van der Waals surface area contributed by atoms with Crippen LogP contribution in [0.5, 0.6) is 23.0 Å². The molecule has 1 amide bonds. The highest BCUT2D eigenvalue weighted by Gasteiger charge is 2.43. The lowest BCUT2D eigenvalue weighted by molar-refractivity contribution is 0.0677. The van der Waals surface area contributed by atoms with E-state index in [-0.39, 0.29) is 11.7 Å². The summed E-state index contributed by atoms with van der Waals surface area (Å²) in [6.45, 7) is 2.65. The Balaban J connectivity index is 1.95. The Morgan fingerprint density at radius 3 is 2.36 bits per heavy atom. The van der Waals surface area contributed by atoms with Crippen LogP contribution in [0.2, 0.25) is 0 Å². The van der Waals surface area contributed by atoms with Crippen LogP contribution in [-0.4, -0.2) is 67.7 Å². The van der Waals surface area contributed by atoms with Crippen molar-refractivity contribution in [2.45, 2.75) is 13.0 Å². The van der Waals surface area contributed by atoms with Crippen molar-refractivity contribution in [3.63, 3.8) is 0 Å². The molecule has 4 rings (SSSR count). The Morgan fingerprint density at radius 1 is 1.06 bits per heavy atom. The molecular weight excluding hydrogens is 426 g/mol. The summed E-state index contributed by atoms with van der Waals surface area (Å²) in [5, 5.41) is 17.9. The quantitative estimate of drug-likeness (QED) is 0.539. The third kappa shape index (κ3) is 3.74. The lowest BCUT2D eigenvalue weighted by Gasteiger charge is -2.27. The van der Waals surface area contributed by atoms with Crippen LogP contribution in [0.3, 0.4) is 0 Å². The van der Waals surface area contributed by atoms with Crippen LogP contribution in [0, 0.1) is 6.92 Å². The summed E-state index contributed by atoms with van der Waals surface area (Å²) in [7, 11) is 6.22. The normalized spacial score (nSPS) is 15.0. The van der Waals surface area contributed by atoms with E-state index in [4.69, 9.17) is 18.9 Å². The predicted octanol–water partition coefficient (Wildman–Crippen LogP) is 3.31. The number of aryl methyl sites for hydroxylation is 1. The number of phenols is 1. The number of hydrogen-bond donors (Lipinski definition) is 2. The molecule has 0 spiro atoms. The number of amides is 1. The number of rotatable bonds is 8. The number of phenolic OH excluding ortho intramolecular Hbond substituents is 1. The number of benzene rings is 2. The number of carbonyl (C=O) groups excluding carboxylic acids is 1. The summed E-state index contributed by atoms with van der Waals surface area (Å²) in [5.74, 6) is 1.29. The maximum absolute atomic E-state index is 13.4. The van der Waals surface area contributed by atoms with Crippen LogP contribution in [0.15, 0.2) is 30.3 Å². The molecule has 2 N–H and O–H groups in total. The minimum Gasteiger partial charge on any atom is -0.507 e. The molecule has 33 heavy (non-hydrogen) atoms. The van der Waals surface area contributed by atoms with Crippen molar-refractivity contribution in [2.24, 2.45) is 0 Å². The molecule has 0 radical (unpaired) electrons. The molecule has 0 aliphatic carbocycles. The molecule has 2 aromatic carbocycles. The van der Waals surface area contributed by atoms with Gasteiger partial charge in [-0.15, -0.1) is 0 Å². The van der Waals surface area contributed by atoms with Gasteiger partial charge < -0.3 is 29.0 Å². The minimum atomic E-state index is -0.509. The Kier molecular flexibility index (Phi) is 6.15. The van der Waals surface area contributed by atoms with Crippen molar-refractivity contribution in [1.82, 2.24) is 15.1 Å². The van der Waals surface area contributed by atoms with Crippen molar-refractivity contribution in [3.8, 4) is 34.3 Å². The van der Waals surface area contributed by atoms with E-state index in [0.29, 0.717) is 52.9 Å². The molecule has 1 aliphatic heterocycles. The smallest absolute Gasteiger partial charge is 0.273 e. The van der Waals surface area contributed by atoms with Crippen LogP contribution in [-0.2, 0) is 4.74 Å². The number of ether oxygens (including phenoxy) is 4. The molecule has 0 fully saturated rings. The fraction of sp³-hybridized carbons (Fsp3) is 0.333. The molecule has 3 aromatic rings. The predicted molar refractivity (Wildman–Crippen MR) is 121 cm³/mol. The van der Waals surface area contributed by atoms with Gasteiger partial charge in [-0.3, -0.25) is 9.89 Å². The number of hydrogen-bond acceptors (Lipinski definition) is 7. The maximum Gasteiger partial charge on any atom is 0.273 e. The molecule has 1 aliphatic rings. The Bertz CT molecular complexity index is 1160. The first-order chi connectivity index (χ1) is 15.9. The van der Waals surface area contributed by atoms with Crippen LogP contribution in [0.4, 0.5) is 0 Å². The molecule has 0 saturated heterocycles. The molecule has 0 bridgehead atoms. The summed E-state index contributed by atoms with van der Waals surface area (Å²) in [6, 6.07) is 8.42. The number of nitrogens with zero attached hydrogens (tertiary/aromatic N) is 2. The summed E-state index contributed by atoms with van der Waals surface area (Å²) in [6.07, 6.45) is 0. The third-order valence-corrected chi connectivity index (χ3v) is 5.81. The van der Waals surface area contributed by atoms with Crippen molar-refractivity contribution >= 4 is 5.91 Å². The Hall–Kier alpha value is -3.72. The van der Waals surface area contributed by atoms with E-state index in [2.05, 4.69) is 10.2 Å². The highest BCUT2D eigenvalue weighted by molar-refractivity contribution is 6.00. The van der Waals surface area contributed by atoms with Gasteiger partial charge in [0.05, 0.1) is 34.0 Å². The van der Waals surface area contributed by atoms with Gasteiger partial charge in [-0.2, -0.15) is 5.10 Å². The van der Waals surface area contributed by atoms with Crippen molar-refractivity contribution in [2.75, 3.05) is 41.6 Å². The zero-order valence-corrected chi connectivity index (χ0v) is 19.3. The zero-order chi connectivity index (χ0) is 23.7. The van der Waals surface area contributed by atoms with Crippen LogP contribution in [0.1, 0.15) is 33.2 Å². The molecule has 0 saturated carbocycles. The average Bonchev–Trinajstić information content (AvgIpc) is 3.36. The van der Waals surface area contributed by atoms with E-state index in [1.54, 1.807) is 32.3 Å². The maximum atomic E-state index is 13.4. The molecule has 2 heterocycles. The van der Waals surface area contributed by atoms with Crippen LogP contribution in [0.25, 0.3) is 11.3 Å². The highest BCUT2D eigenvalue weighted by Crippen LogP contribution is 2.48. The van der Waals surface area contributed by atoms with E-state index in [1.807, 2.05) is 31.2 Å². The van der Waals surface area contributed by atoms with E-state index in [0.717, 1.165) is 11.1 Å². The van der Waals surface area contributed by atoms with Gasteiger partial charge in [0.1, 0.15) is 17.1 Å². The monoisotopic (exact) mass is 453 g/mol. The SMILES string of the molecule is COCCN1C(=O)c2[nH]nc(-c3cc(C)ccc3O)c2C1c1cc(OC)c(OC)c(OC)c1. The number of H-pyrrole nitrogens is 1. The van der Waals surface area contributed by atoms with Gasteiger partial charge in [-0.05, 0) is 36.8 Å². The summed E-state index contributed by atoms with van der Waals surface area (Å²) in [5.41, 5.74) is 3.82. The molecule has 174 valence electrons. The number of methoxy groups -OCH3 is 4.